The molecule has 2 amide bonds. The summed E-state index contributed by atoms with van der Waals surface area (Å²) in [6.07, 6.45) is 26.6. The number of unbranched alkanes of at least 4 members (excludes halogenated alkanes) is 42. The Morgan fingerprint density at radius 2 is 0.888 bits per heavy atom. The first-order chi connectivity index (χ1) is 47.4. The molecule has 3 rings (SSSR count). The van der Waals surface area contributed by atoms with Gasteiger partial charge in [0.15, 0.2) is 12.6 Å². The molecule has 0 aromatic carbocycles. The second kappa shape index (κ2) is 55.3. The van der Waals surface area contributed by atoms with Gasteiger partial charge in [-0.1, -0.05) is 290 Å². The molecule has 0 saturated carbocycles. The van der Waals surface area contributed by atoms with Crippen LogP contribution >= 0.6 is 0 Å². The molecule has 3 aliphatic heterocycles. The summed E-state index contributed by atoms with van der Waals surface area (Å²) in [7, 11) is 0. The SMILES string of the molecule is CCCCCCCCCCCCCCCCCCCCCCCCCCC(=O)NC(COC1OC(CO)C(OC2OC(CO)C(O)C(OC3(C(=O)O)CC(O)C(NC(C)=O)C(C(O)C(O)CO)O3)C2O)C(O)C1O)C(O)CCCCCCCCCCCCCCCCCCCCCC. The summed E-state index contributed by atoms with van der Waals surface area (Å²) in [5.74, 6) is -6.09. The van der Waals surface area contributed by atoms with Crippen molar-refractivity contribution in [3.8, 4) is 0 Å². The fourth-order valence-corrected chi connectivity index (χ4v) is 14.1. The van der Waals surface area contributed by atoms with E-state index < -0.39 is 148 Å². The van der Waals surface area contributed by atoms with Gasteiger partial charge in [-0.05, 0) is 12.8 Å². The van der Waals surface area contributed by atoms with Crippen LogP contribution < -0.4 is 10.6 Å². The molecule has 3 heterocycles. The second-order valence-corrected chi connectivity index (χ2v) is 28.9. The van der Waals surface area contributed by atoms with Crippen LogP contribution in [0.4, 0.5) is 0 Å². The predicted octanol–water partition coefficient (Wildman–Crippen LogP) is 9.63. The van der Waals surface area contributed by atoms with Crippen LogP contribution in [0.2, 0.25) is 0 Å². The maximum absolute atomic E-state index is 13.5. The molecule has 0 bridgehead atoms. The number of ether oxygens (including phenoxy) is 6. The zero-order valence-electron chi connectivity index (χ0n) is 60.9. The lowest BCUT2D eigenvalue weighted by atomic mass is 9.88. The van der Waals surface area contributed by atoms with Gasteiger partial charge in [0.2, 0.25) is 11.8 Å². The minimum Gasteiger partial charge on any atom is -0.477 e. The molecule has 0 radical (unpaired) electrons. The van der Waals surface area contributed by atoms with Gasteiger partial charge in [-0.25, -0.2) is 4.79 Å². The lowest BCUT2D eigenvalue weighted by Gasteiger charge is -2.50. The van der Waals surface area contributed by atoms with Gasteiger partial charge in [0.1, 0.15) is 67.1 Å². The topological polar surface area (TPSA) is 373 Å². The van der Waals surface area contributed by atoms with Crippen molar-refractivity contribution in [3.63, 3.8) is 0 Å². The Morgan fingerprint density at radius 3 is 1.28 bits per heavy atom. The van der Waals surface area contributed by atoms with E-state index in [0.717, 1.165) is 51.9 Å². The van der Waals surface area contributed by atoms with Gasteiger partial charge in [0.25, 0.3) is 5.79 Å². The molecule has 18 atom stereocenters. The van der Waals surface area contributed by atoms with Crippen LogP contribution in [0.1, 0.15) is 323 Å². The van der Waals surface area contributed by atoms with Crippen LogP contribution in [0.15, 0.2) is 0 Å². The molecule has 18 unspecified atom stereocenters. The number of aliphatic hydroxyl groups is 11. The fourth-order valence-electron chi connectivity index (χ4n) is 14.1. The summed E-state index contributed by atoms with van der Waals surface area (Å²) in [6.45, 7) is 2.26. The van der Waals surface area contributed by atoms with E-state index >= 15 is 0 Å². The summed E-state index contributed by atoms with van der Waals surface area (Å²) in [5, 5.41) is 136. The number of aliphatic carboxylic acids is 1. The highest BCUT2D eigenvalue weighted by Gasteiger charge is 2.60. The third-order valence-electron chi connectivity index (χ3n) is 20.3. The molecule has 0 aromatic heterocycles. The second-order valence-electron chi connectivity index (χ2n) is 28.9. The predicted molar refractivity (Wildman–Crippen MR) is 375 cm³/mol. The molecule has 578 valence electrons. The Bertz CT molecular complexity index is 1970. The molecule has 0 spiro atoms. The van der Waals surface area contributed by atoms with Crippen molar-refractivity contribution in [2.45, 2.75) is 432 Å². The highest BCUT2D eigenvalue weighted by molar-refractivity contribution is 5.77. The molecule has 14 N–H and O–H groups in total. The summed E-state index contributed by atoms with van der Waals surface area (Å²) in [5.41, 5.74) is 0. The van der Waals surface area contributed by atoms with Gasteiger partial charge in [-0.2, -0.15) is 0 Å². The van der Waals surface area contributed by atoms with E-state index in [-0.39, 0.29) is 18.9 Å². The molecular weight excluding hydrogens is 1260 g/mol. The maximum Gasteiger partial charge on any atom is 0.364 e. The van der Waals surface area contributed by atoms with Gasteiger partial charge in [-0.3, -0.25) is 9.59 Å². The standard InChI is InChI=1S/C75H142N2O21/c1-4-6-8-10-12-14-16-18-20-22-24-26-27-28-29-31-33-35-37-39-41-43-45-47-49-62(85)77-56(57(82)48-46-44-42-40-38-36-34-32-30-25-23-21-19-17-15-13-11-9-7-5-2)54-93-72-67(89)66(88)69(61(53-80)95-72)96-73-68(90)71(65(87)60(52-79)94-73)98-75(74(91)92)50-58(83)63(76-55(3)81)70(97-75)64(86)59(84)51-78/h56-61,63-73,78-80,82-84,86-90H,4-54H2,1-3H3,(H,76,81)(H,77,85)(H,91,92). The van der Waals surface area contributed by atoms with Crippen LogP contribution in [0.5, 0.6) is 0 Å². The van der Waals surface area contributed by atoms with Crippen LogP contribution in [-0.4, -0.2) is 215 Å². The van der Waals surface area contributed by atoms with E-state index in [4.69, 9.17) is 28.4 Å². The van der Waals surface area contributed by atoms with E-state index in [0.29, 0.717) is 19.3 Å². The zero-order chi connectivity index (χ0) is 71.8. The zero-order valence-corrected chi connectivity index (χ0v) is 60.9. The third kappa shape index (κ3) is 36.0. The highest BCUT2D eigenvalue weighted by atomic mass is 16.8. The molecule has 3 saturated heterocycles. The highest BCUT2D eigenvalue weighted by Crippen LogP contribution is 2.39. The Morgan fingerprint density at radius 1 is 0.490 bits per heavy atom. The number of carbonyl (C=O) groups excluding carboxylic acids is 2. The molecule has 0 aromatic rings. The number of carboxylic acids is 1. The van der Waals surface area contributed by atoms with E-state index in [1.807, 2.05) is 0 Å². The van der Waals surface area contributed by atoms with Crippen LogP contribution in [0, 0.1) is 0 Å². The first-order valence-electron chi connectivity index (χ1n) is 39.4. The summed E-state index contributed by atoms with van der Waals surface area (Å²) in [4.78, 5) is 38.7. The first-order valence-corrected chi connectivity index (χ1v) is 39.4. The van der Waals surface area contributed by atoms with E-state index in [1.165, 1.54) is 225 Å². The van der Waals surface area contributed by atoms with E-state index in [9.17, 15) is 75.7 Å². The maximum atomic E-state index is 13.5. The quantitative estimate of drug-likeness (QED) is 0.0252. The van der Waals surface area contributed by atoms with Crippen molar-refractivity contribution in [1.82, 2.24) is 10.6 Å². The Labute approximate surface area is 589 Å². The van der Waals surface area contributed by atoms with Gasteiger partial charge >= 0.3 is 5.97 Å². The number of amides is 2. The van der Waals surface area contributed by atoms with Gasteiger partial charge in [0, 0.05) is 19.8 Å². The van der Waals surface area contributed by atoms with Crippen molar-refractivity contribution in [1.29, 1.82) is 0 Å². The summed E-state index contributed by atoms with van der Waals surface area (Å²) >= 11 is 0. The van der Waals surface area contributed by atoms with Crippen LogP contribution in [-0.2, 0) is 42.8 Å². The lowest BCUT2D eigenvalue weighted by molar-refractivity contribution is -0.386. The van der Waals surface area contributed by atoms with Gasteiger partial charge in [-0.15, -0.1) is 0 Å². The van der Waals surface area contributed by atoms with Crippen molar-refractivity contribution < 1.29 is 104 Å². The van der Waals surface area contributed by atoms with Gasteiger partial charge < -0.3 is 100 Å². The Balaban J connectivity index is 1.53. The number of aliphatic hydroxyl groups excluding tert-OH is 11. The minimum atomic E-state index is -3.08. The van der Waals surface area contributed by atoms with Crippen molar-refractivity contribution >= 4 is 17.8 Å². The van der Waals surface area contributed by atoms with Crippen molar-refractivity contribution in [2.24, 2.45) is 0 Å². The number of carboxylic acid groups (broad SMARTS) is 1. The molecule has 0 aliphatic carbocycles. The lowest BCUT2D eigenvalue weighted by Crippen LogP contribution is -2.70. The molecule has 3 aliphatic rings. The molecule has 23 nitrogen and oxygen atoms in total. The minimum absolute atomic E-state index is 0.230. The van der Waals surface area contributed by atoms with Crippen LogP contribution in [0.25, 0.3) is 0 Å². The number of nitrogens with one attached hydrogen (secondary N) is 2. The largest absolute Gasteiger partial charge is 0.477 e. The summed E-state index contributed by atoms with van der Waals surface area (Å²) in [6, 6.07) is -2.53. The van der Waals surface area contributed by atoms with Crippen LogP contribution in [0.3, 0.4) is 0 Å². The number of hydrogen-bond donors (Lipinski definition) is 14. The normalized spacial score (nSPS) is 27.2. The number of rotatable bonds is 62. The number of carbonyl (C=O) groups is 3. The van der Waals surface area contributed by atoms with E-state index in [2.05, 4.69) is 24.5 Å². The molecule has 23 heteroatoms. The monoisotopic (exact) mass is 1410 g/mol. The Kier molecular flexibility index (Phi) is 50.7. The first kappa shape index (κ1) is 89.9. The average Bonchev–Trinajstić information content (AvgIpc) is 0.757. The van der Waals surface area contributed by atoms with Crippen molar-refractivity contribution in [3.05, 3.63) is 0 Å². The third-order valence-corrected chi connectivity index (χ3v) is 20.3. The Hall–Kier alpha value is -2.27. The van der Waals surface area contributed by atoms with Crippen molar-refractivity contribution in [2.75, 3.05) is 26.4 Å². The van der Waals surface area contributed by atoms with E-state index in [1.54, 1.807) is 0 Å². The molecular formula is C75H142N2O21. The fraction of sp³-hybridized carbons (Fsp3) is 0.960. The number of hydrogen-bond acceptors (Lipinski definition) is 20. The summed E-state index contributed by atoms with van der Waals surface area (Å²) < 4.78 is 35.0. The molecule has 98 heavy (non-hydrogen) atoms. The smallest absolute Gasteiger partial charge is 0.364 e. The van der Waals surface area contributed by atoms with Gasteiger partial charge in [0.05, 0.1) is 50.7 Å². The molecule has 3 fully saturated rings. The average molecular weight is 1410 g/mol.